The summed E-state index contributed by atoms with van der Waals surface area (Å²) in [5, 5.41) is 3.67. The highest BCUT2D eigenvalue weighted by atomic mass is 15.2. The van der Waals surface area contributed by atoms with Gasteiger partial charge < -0.3 is 5.32 Å². The largest absolute Gasteiger partial charge is 0.313 e. The highest BCUT2D eigenvalue weighted by Gasteiger charge is 2.22. The molecule has 108 valence electrons. The molecule has 0 saturated heterocycles. The average molecular weight is 254 g/mol. The molecule has 1 rings (SSSR count). The van der Waals surface area contributed by atoms with Crippen LogP contribution >= 0.6 is 0 Å². The van der Waals surface area contributed by atoms with Crippen molar-refractivity contribution in [1.29, 1.82) is 0 Å². The van der Waals surface area contributed by atoms with E-state index in [1.54, 1.807) is 0 Å². The normalized spacial score (nSPS) is 19.3. The molecule has 2 heteroatoms. The maximum absolute atomic E-state index is 3.67. The van der Waals surface area contributed by atoms with Crippen molar-refractivity contribution in [2.75, 3.05) is 19.6 Å². The summed E-state index contributed by atoms with van der Waals surface area (Å²) in [7, 11) is 0. The Morgan fingerprint density at radius 1 is 1.06 bits per heavy atom. The van der Waals surface area contributed by atoms with Crippen LogP contribution in [0, 0.1) is 11.8 Å². The van der Waals surface area contributed by atoms with E-state index in [2.05, 4.69) is 44.8 Å². The van der Waals surface area contributed by atoms with Crippen LogP contribution in [0.4, 0.5) is 0 Å². The highest BCUT2D eigenvalue weighted by Crippen LogP contribution is 2.23. The van der Waals surface area contributed by atoms with E-state index in [0.717, 1.165) is 24.4 Å². The summed E-state index contributed by atoms with van der Waals surface area (Å²) in [6, 6.07) is 1.50. The van der Waals surface area contributed by atoms with Gasteiger partial charge in [-0.25, -0.2) is 0 Å². The van der Waals surface area contributed by atoms with Crippen molar-refractivity contribution in [3.8, 4) is 0 Å². The molecule has 1 N–H and O–H groups in total. The van der Waals surface area contributed by atoms with E-state index in [1.807, 2.05) is 0 Å². The van der Waals surface area contributed by atoms with E-state index >= 15 is 0 Å². The van der Waals surface area contributed by atoms with Crippen LogP contribution in [0.25, 0.3) is 0 Å². The lowest BCUT2D eigenvalue weighted by molar-refractivity contribution is 0.175. The molecule has 1 aliphatic rings. The third-order valence-electron chi connectivity index (χ3n) is 4.31. The third-order valence-corrected chi connectivity index (χ3v) is 4.31. The quantitative estimate of drug-likeness (QED) is 0.713. The predicted molar refractivity (Wildman–Crippen MR) is 81.0 cm³/mol. The summed E-state index contributed by atoms with van der Waals surface area (Å²) in [5.41, 5.74) is 0. The molecule has 1 fully saturated rings. The van der Waals surface area contributed by atoms with Crippen molar-refractivity contribution < 1.29 is 0 Å². The second kappa shape index (κ2) is 8.16. The van der Waals surface area contributed by atoms with E-state index in [9.17, 15) is 0 Å². The zero-order chi connectivity index (χ0) is 13.5. The molecule has 0 aliphatic heterocycles. The lowest BCUT2D eigenvalue weighted by Gasteiger charge is -2.31. The molecule has 0 amide bonds. The number of hydrogen-bond donors (Lipinski definition) is 1. The summed E-state index contributed by atoms with van der Waals surface area (Å²) < 4.78 is 0. The molecule has 0 heterocycles. The number of nitrogens with one attached hydrogen (secondary N) is 1. The van der Waals surface area contributed by atoms with Crippen LogP contribution in [0.1, 0.15) is 60.3 Å². The first-order chi connectivity index (χ1) is 8.50. The van der Waals surface area contributed by atoms with Gasteiger partial charge in [-0.2, -0.15) is 0 Å². The average Bonchev–Trinajstić information content (AvgIpc) is 2.80. The Kier molecular flexibility index (Phi) is 7.25. The molecule has 0 bridgehead atoms. The van der Waals surface area contributed by atoms with E-state index < -0.39 is 0 Å². The molecule has 1 aliphatic carbocycles. The fraction of sp³-hybridized carbons (Fsp3) is 1.00. The van der Waals surface area contributed by atoms with Gasteiger partial charge in [-0.3, -0.25) is 4.90 Å². The molecule has 2 nitrogen and oxygen atoms in total. The molecule has 0 aromatic rings. The van der Waals surface area contributed by atoms with Crippen molar-refractivity contribution >= 4 is 0 Å². The first-order valence-electron chi connectivity index (χ1n) is 7.98. The summed E-state index contributed by atoms with van der Waals surface area (Å²) in [5.74, 6) is 1.52. The highest BCUT2D eigenvalue weighted by molar-refractivity contribution is 4.79. The Morgan fingerprint density at radius 3 is 2.17 bits per heavy atom. The maximum atomic E-state index is 3.67. The second-order valence-electron chi connectivity index (χ2n) is 6.81. The van der Waals surface area contributed by atoms with Crippen LogP contribution in [0.2, 0.25) is 0 Å². The molecule has 0 aromatic carbocycles. The minimum absolute atomic E-state index is 0.634. The minimum atomic E-state index is 0.634. The summed E-state index contributed by atoms with van der Waals surface area (Å²) in [4.78, 5) is 2.73. The van der Waals surface area contributed by atoms with Crippen LogP contribution in [0.5, 0.6) is 0 Å². The first-order valence-corrected chi connectivity index (χ1v) is 7.98. The van der Waals surface area contributed by atoms with Crippen molar-refractivity contribution in [2.45, 2.75) is 72.4 Å². The molecule has 0 spiro atoms. The zero-order valence-electron chi connectivity index (χ0n) is 13.2. The van der Waals surface area contributed by atoms with Crippen molar-refractivity contribution in [3.63, 3.8) is 0 Å². The lowest BCUT2D eigenvalue weighted by Crippen LogP contribution is -2.43. The van der Waals surface area contributed by atoms with Crippen LogP contribution in [-0.4, -0.2) is 36.6 Å². The Bertz CT molecular complexity index is 207. The van der Waals surface area contributed by atoms with Crippen LogP contribution in [-0.2, 0) is 0 Å². The van der Waals surface area contributed by atoms with E-state index in [1.165, 1.54) is 38.8 Å². The monoisotopic (exact) mass is 254 g/mol. The SMILES string of the molecule is CC(C)CN(CCNC(C)C(C)C)C1CCCC1. The van der Waals surface area contributed by atoms with Crippen molar-refractivity contribution in [1.82, 2.24) is 10.2 Å². The van der Waals surface area contributed by atoms with E-state index in [0.29, 0.717) is 6.04 Å². The van der Waals surface area contributed by atoms with Crippen LogP contribution in [0.3, 0.4) is 0 Å². The van der Waals surface area contributed by atoms with Crippen molar-refractivity contribution in [3.05, 3.63) is 0 Å². The Morgan fingerprint density at radius 2 is 1.67 bits per heavy atom. The minimum Gasteiger partial charge on any atom is -0.313 e. The van der Waals surface area contributed by atoms with Gasteiger partial charge in [0.25, 0.3) is 0 Å². The van der Waals surface area contributed by atoms with Gasteiger partial charge in [0, 0.05) is 31.7 Å². The fourth-order valence-corrected chi connectivity index (χ4v) is 2.83. The molecular formula is C16H34N2. The fourth-order valence-electron chi connectivity index (χ4n) is 2.83. The Labute approximate surface area is 115 Å². The van der Waals surface area contributed by atoms with Gasteiger partial charge in [0.15, 0.2) is 0 Å². The van der Waals surface area contributed by atoms with Gasteiger partial charge in [-0.15, -0.1) is 0 Å². The van der Waals surface area contributed by atoms with E-state index in [-0.39, 0.29) is 0 Å². The van der Waals surface area contributed by atoms with Gasteiger partial charge in [-0.1, -0.05) is 40.5 Å². The molecule has 1 atom stereocenters. The molecule has 18 heavy (non-hydrogen) atoms. The van der Waals surface area contributed by atoms with E-state index in [4.69, 9.17) is 0 Å². The van der Waals surface area contributed by atoms with Gasteiger partial charge >= 0.3 is 0 Å². The maximum Gasteiger partial charge on any atom is 0.0110 e. The summed E-state index contributed by atoms with van der Waals surface area (Å²) in [6.07, 6.45) is 5.73. The number of rotatable bonds is 8. The first kappa shape index (κ1) is 16.0. The molecule has 0 aromatic heterocycles. The third kappa shape index (κ3) is 5.71. The Hall–Kier alpha value is -0.0800. The van der Waals surface area contributed by atoms with Gasteiger partial charge in [0.1, 0.15) is 0 Å². The predicted octanol–water partition coefficient (Wildman–Crippen LogP) is 3.52. The molecular weight excluding hydrogens is 220 g/mol. The molecule has 1 unspecified atom stereocenters. The number of hydrogen-bond acceptors (Lipinski definition) is 2. The lowest BCUT2D eigenvalue weighted by atomic mass is 10.1. The van der Waals surface area contributed by atoms with Gasteiger partial charge in [0.05, 0.1) is 0 Å². The van der Waals surface area contributed by atoms with Crippen molar-refractivity contribution in [2.24, 2.45) is 11.8 Å². The zero-order valence-corrected chi connectivity index (χ0v) is 13.2. The summed E-state index contributed by atoms with van der Waals surface area (Å²) in [6.45, 7) is 15.2. The number of nitrogens with zero attached hydrogens (tertiary/aromatic N) is 1. The van der Waals surface area contributed by atoms with Gasteiger partial charge in [0.2, 0.25) is 0 Å². The van der Waals surface area contributed by atoms with Crippen LogP contribution in [0.15, 0.2) is 0 Å². The van der Waals surface area contributed by atoms with Gasteiger partial charge in [-0.05, 0) is 31.6 Å². The van der Waals surface area contributed by atoms with Crippen LogP contribution < -0.4 is 5.32 Å². The Balaban J connectivity index is 2.31. The summed E-state index contributed by atoms with van der Waals surface area (Å²) >= 11 is 0. The molecule has 1 saturated carbocycles. The standard InChI is InChI=1S/C16H34N2/c1-13(2)12-18(16-8-6-7-9-16)11-10-17-15(5)14(3)4/h13-17H,6-12H2,1-5H3. The topological polar surface area (TPSA) is 15.3 Å². The molecule has 0 radical (unpaired) electrons. The smallest absolute Gasteiger partial charge is 0.0110 e. The second-order valence-corrected chi connectivity index (χ2v) is 6.81.